The molecule has 1 aromatic heterocycles. The topological polar surface area (TPSA) is 118 Å². The Morgan fingerprint density at radius 1 is 1.33 bits per heavy atom. The van der Waals surface area contributed by atoms with Crippen molar-refractivity contribution in [2.75, 3.05) is 0 Å². The lowest BCUT2D eigenvalue weighted by Crippen LogP contribution is -2.34. The van der Waals surface area contributed by atoms with E-state index in [1.807, 2.05) is 0 Å². The summed E-state index contributed by atoms with van der Waals surface area (Å²) in [6.07, 6.45) is -0.131. The number of primary amides is 1. The van der Waals surface area contributed by atoms with Crippen molar-refractivity contribution in [3.8, 4) is 17.0 Å². The van der Waals surface area contributed by atoms with Gasteiger partial charge in [-0.2, -0.15) is 0 Å². The quantitative estimate of drug-likeness (QED) is 0.752. The number of H-pyrrole nitrogens is 1. The Balaban J connectivity index is 2.67. The summed E-state index contributed by atoms with van der Waals surface area (Å²) in [5, 5.41) is 10.3. The Kier molecular flexibility index (Phi) is 3.93. The van der Waals surface area contributed by atoms with Gasteiger partial charge in [0.25, 0.3) is 5.56 Å². The molecule has 0 spiro atoms. The second-order valence-electron chi connectivity index (χ2n) is 4.71. The maximum absolute atomic E-state index is 11.9. The zero-order chi connectivity index (χ0) is 15.6. The van der Waals surface area contributed by atoms with Crippen molar-refractivity contribution in [1.29, 1.82) is 0 Å². The molecule has 4 N–H and O–H groups in total. The fraction of sp³-hybridized carbons (Fsp3) is 0.214. The highest BCUT2D eigenvalue weighted by atomic mass is 16.3. The van der Waals surface area contributed by atoms with Gasteiger partial charge in [-0.3, -0.25) is 19.1 Å². The second-order valence-corrected chi connectivity index (χ2v) is 4.71. The number of carbonyl (C=O) groups is 1. The minimum atomic E-state index is -0.786. The predicted molar refractivity (Wildman–Crippen MR) is 76.9 cm³/mol. The Morgan fingerprint density at radius 3 is 2.52 bits per heavy atom. The van der Waals surface area contributed by atoms with Crippen LogP contribution in [0.5, 0.6) is 5.88 Å². The molecule has 0 aliphatic carbocycles. The maximum Gasteiger partial charge on any atom is 0.331 e. The summed E-state index contributed by atoms with van der Waals surface area (Å²) >= 11 is 0. The molecule has 0 bridgehead atoms. The Morgan fingerprint density at radius 2 is 1.95 bits per heavy atom. The normalized spacial score (nSPS) is 12.0. The van der Waals surface area contributed by atoms with Crippen LogP contribution in [0.4, 0.5) is 0 Å². The number of carbonyl (C=O) groups excluding carboxylic acids is 1. The molecule has 110 valence electrons. The maximum atomic E-state index is 11.9. The van der Waals surface area contributed by atoms with Gasteiger partial charge in [-0.1, -0.05) is 30.3 Å². The summed E-state index contributed by atoms with van der Waals surface area (Å²) in [6.45, 7) is 1.55. The molecule has 7 heteroatoms. The molecule has 7 nitrogen and oxygen atoms in total. The lowest BCUT2D eigenvalue weighted by Gasteiger charge is -2.16. The average Bonchev–Trinajstić information content (AvgIpc) is 2.38. The van der Waals surface area contributed by atoms with E-state index in [-0.39, 0.29) is 12.0 Å². The van der Waals surface area contributed by atoms with Crippen LogP contribution < -0.4 is 17.0 Å². The van der Waals surface area contributed by atoms with Gasteiger partial charge in [0.1, 0.15) is 5.56 Å². The van der Waals surface area contributed by atoms with Gasteiger partial charge < -0.3 is 10.8 Å². The number of benzene rings is 1. The van der Waals surface area contributed by atoms with Gasteiger partial charge >= 0.3 is 5.69 Å². The fourth-order valence-electron chi connectivity index (χ4n) is 2.19. The van der Waals surface area contributed by atoms with Crippen LogP contribution in [-0.2, 0) is 4.79 Å². The standard InChI is InChI=1S/C14H15N3O4/c1-8(7-10(15)18)17-13(20)11(12(19)16-14(17)21)9-5-3-2-4-6-9/h2-6,8,20H,7H2,1H3,(H2,15,18)(H,16,19,21). The van der Waals surface area contributed by atoms with Crippen molar-refractivity contribution in [3.63, 3.8) is 0 Å². The number of nitrogens with zero attached hydrogens (tertiary/aromatic N) is 1. The highest BCUT2D eigenvalue weighted by Gasteiger charge is 2.20. The van der Waals surface area contributed by atoms with Crippen molar-refractivity contribution in [2.24, 2.45) is 5.73 Å². The molecular weight excluding hydrogens is 274 g/mol. The fourth-order valence-corrected chi connectivity index (χ4v) is 2.19. The molecular formula is C14H15N3O4. The first-order valence-electron chi connectivity index (χ1n) is 6.33. The molecule has 0 aliphatic heterocycles. The monoisotopic (exact) mass is 289 g/mol. The summed E-state index contributed by atoms with van der Waals surface area (Å²) in [7, 11) is 0. The molecule has 0 aliphatic rings. The molecule has 1 amide bonds. The van der Waals surface area contributed by atoms with E-state index in [0.717, 1.165) is 4.57 Å². The first-order chi connectivity index (χ1) is 9.91. The minimum Gasteiger partial charge on any atom is -0.494 e. The van der Waals surface area contributed by atoms with Crippen LogP contribution in [0.15, 0.2) is 39.9 Å². The van der Waals surface area contributed by atoms with Gasteiger partial charge in [-0.05, 0) is 12.5 Å². The van der Waals surface area contributed by atoms with E-state index in [0.29, 0.717) is 5.56 Å². The van der Waals surface area contributed by atoms with E-state index >= 15 is 0 Å². The molecule has 1 unspecified atom stereocenters. The molecule has 1 atom stereocenters. The molecule has 0 saturated carbocycles. The third-order valence-electron chi connectivity index (χ3n) is 3.12. The van der Waals surface area contributed by atoms with Crippen LogP contribution in [0.3, 0.4) is 0 Å². The van der Waals surface area contributed by atoms with Crippen LogP contribution in [0.2, 0.25) is 0 Å². The number of nitrogens with two attached hydrogens (primary N) is 1. The zero-order valence-electron chi connectivity index (χ0n) is 11.4. The van der Waals surface area contributed by atoms with E-state index in [1.54, 1.807) is 37.3 Å². The number of nitrogens with one attached hydrogen (secondary N) is 1. The summed E-state index contributed by atoms with van der Waals surface area (Å²) in [5.41, 5.74) is 4.07. The van der Waals surface area contributed by atoms with Crippen LogP contribution in [0, 0.1) is 0 Å². The van der Waals surface area contributed by atoms with Crippen molar-refractivity contribution in [1.82, 2.24) is 9.55 Å². The predicted octanol–water partition coefficient (Wildman–Crippen LogP) is 0.346. The third kappa shape index (κ3) is 2.86. The van der Waals surface area contributed by atoms with Gasteiger partial charge in [-0.15, -0.1) is 0 Å². The summed E-state index contributed by atoms with van der Waals surface area (Å²) in [4.78, 5) is 36.9. The average molecular weight is 289 g/mol. The number of amides is 1. The second kappa shape index (κ2) is 5.66. The summed E-state index contributed by atoms with van der Waals surface area (Å²) in [5.74, 6) is -1.09. The van der Waals surface area contributed by atoms with Crippen LogP contribution in [0.25, 0.3) is 11.1 Å². The van der Waals surface area contributed by atoms with Crippen molar-refractivity contribution < 1.29 is 9.90 Å². The zero-order valence-corrected chi connectivity index (χ0v) is 11.4. The largest absolute Gasteiger partial charge is 0.494 e. The van der Waals surface area contributed by atoms with E-state index in [9.17, 15) is 19.5 Å². The van der Waals surface area contributed by atoms with Crippen LogP contribution in [-0.4, -0.2) is 20.6 Å². The number of hydrogen-bond donors (Lipinski definition) is 3. The first kappa shape index (κ1) is 14.6. The van der Waals surface area contributed by atoms with E-state index in [1.165, 1.54) is 0 Å². The Hall–Kier alpha value is -2.83. The lowest BCUT2D eigenvalue weighted by atomic mass is 10.1. The van der Waals surface area contributed by atoms with Gasteiger partial charge in [0.2, 0.25) is 11.8 Å². The minimum absolute atomic E-state index is 0.0217. The van der Waals surface area contributed by atoms with Crippen LogP contribution in [0.1, 0.15) is 19.4 Å². The first-order valence-corrected chi connectivity index (χ1v) is 6.33. The highest BCUT2D eigenvalue weighted by Crippen LogP contribution is 2.26. The Bertz CT molecular complexity index is 777. The summed E-state index contributed by atoms with van der Waals surface area (Å²) in [6, 6.07) is 7.78. The molecule has 0 saturated heterocycles. The number of hydrogen-bond acceptors (Lipinski definition) is 4. The highest BCUT2D eigenvalue weighted by molar-refractivity contribution is 5.74. The Labute approximate surface area is 119 Å². The molecule has 0 radical (unpaired) electrons. The number of aromatic nitrogens is 2. The van der Waals surface area contributed by atoms with E-state index < -0.39 is 29.1 Å². The molecule has 1 aromatic carbocycles. The van der Waals surface area contributed by atoms with Crippen molar-refractivity contribution in [2.45, 2.75) is 19.4 Å². The lowest BCUT2D eigenvalue weighted by molar-refractivity contribution is -0.118. The number of aromatic hydroxyl groups is 1. The molecule has 0 fully saturated rings. The SMILES string of the molecule is CC(CC(N)=O)n1c(O)c(-c2ccccc2)c(=O)[nH]c1=O. The van der Waals surface area contributed by atoms with Gasteiger partial charge in [0.05, 0.1) is 0 Å². The number of rotatable bonds is 4. The van der Waals surface area contributed by atoms with E-state index in [4.69, 9.17) is 5.73 Å². The number of aromatic amines is 1. The molecule has 2 rings (SSSR count). The third-order valence-corrected chi connectivity index (χ3v) is 3.12. The summed E-state index contributed by atoms with van der Waals surface area (Å²) < 4.78 is 0.953. The molecule has 21 heavy (non-hydrogen) atoms. The van der Waals surface area contributed by atoms with Gasteiger partial charge in [0.15, 0.2) is 0 Å². The molecule has 2 aromatic rings. The van der Waals surface area contributed by atoms with Crippen LogP contribution >= 0.6 is 0 Å². The smallest absolute Gasteiger partial charge is 0.331 e. The van der Waals surface area contributed by atoms with E-state index in [2.05, 4.69) is 4.98 Å². The van der Waals surface area contributed by atoms with Gasteiger partial charge in [-0.25, -0.2) is 4.79 Å². The van der Waals surface area contributed by atoms with Crippen molar-refractivity contribution >= 4 is 5.91 Å². The van der Waals surface area contributed by atoms with Gasteiger partial charge in [0, 0.05) is 12.5 Å². The van der Waals surface area contributed by atoms with Crippen molar-refractivity contribution in [3.05, 3.63) is 51.2 Å². The molecule has 1 heterocycles.